The average Bonchev–Trinajstić information content (AvgIpc) is 3.44. The zero-order valence-electron chi connectivity index (χ0n) is 19.2. The van der Waals surface area contributed by atoms with Gasteiger partial charge in [0.25, 0.3) is 5.91 Å². The number of rotatable bonds is 5. The van der Waals surface area contributed by atoms with Gasteiger partial charge in [0.1, 0.15) is 10.8 Å². The van der Waals surface area contributed by atoms with Crippen molar-refractivity contribution in [1.29, 1.82) is 0 Å². The smallest absolute Gasteiger partial charge is 0.257 e. The van der Waals surface area contributed by atoms with Crippen LogP contribution in [0.15, 0.2) is 60.0 Å². The number of halogens is 1. The number of nitrogens with zero attached hydrogens (tertiary/aromatic N) is 5. The van der Waals surface area contributed by atoms with Gasteiger partial charge < -0.3 is 4.90 Å². The second kappa shape index (κ2) is 9.48. The Morgan fingerprint density at radius 2 is 1.71 bits per heavy atom. The van der Waals surface area contributed by atoms with Crippen LogP contribution in [0.25, 0.3) is 16.3 Å². The minimum atomic E-state index is -0.298. The summed E-state index contributed by atoms with van der Waals surface area (Å²) in [5.74, 6) is -0.295. The van der Waals surface area contributed by atoms with Gasteiger partial charge in [0, 0.05) is 43.7 Å². The zero-order valence-corrected chi connectivity index (χ0v) is 20.1. The van der Waals surface area contributed by atoms with Crippen molar-refractivity contribution < 1.29 is 9.18 Å². The summed E-state index contributed by atoms with van der Waals surface area (Å²) in [6.45, 7) is 7.45. The summed E-state index contributed by atoms with van der Waals surface area (Å²) >= 11 is 1.67. The molecule has 1 aliphatic heterocycles. The van der Waals surface area contributed by atoms with Crippen LogP contribution < -0.4 is 0 Å². The first-order valence-electron chi connectivity index (χ1n) is 11.3. The Hall–Kier alpha value is -3.36. The van der Waals surface area contributed by atoms with E-state index < -0.39 is 0 Å². The molecule has 34 heavy (non-hydrogen) atoms. The van der Waals surface area contributed by atoms with Crippen LogP contribution in [0, 0.1) is 19.7 Å². The van der Waals surface area contributed by atoms with Gasteiger partial charge in [-0.1, -0.05) is 30.3 Å². The molecule has 0 bridgehead atoms. The number of carbonyl (C=O) groups is 1. The van der Waals surface area contributed by atoms with E-state index in [1.165, 1.54) is 12.1 Å². The molecule has 8 heteroatoms. The predicted molar refractivity (Wildman–Crippen MR) is 132 cm³/mol. The van der Waals surface area contributed by atoms with Crippen LogP contribution in [0.2, 0.25) is 0 Å². The molecule has 2 aromatic carbocycles. The maximum absolute atomic E-state index is 13.3. The van der Waals surface area contributed by atoms with Crippen LogP contribution in [0.3, 0.4) is 0 Å². The lowest BCUT2D eigenvalue weighted by molar-refractivity contribution is 0.0626. The molecule has 0 unspecified atom stereocenters. The molecule has 0 atom stereocenters. The van der Waals surface area contributed by atoms with Crippen molar-refractivity contribution in [2.75, 3.05) is 26.2 Å². The highest BCUT2D eigenvalue weighted by Gasteiger charge is 2.27. The lowest BCUT2D eigenvalue weighted by Gasteiger charge is -2.34. The van der Waals surface area contributed by atoms with Crippen LogP contribution in [-0.2, 0) is 6.54 Å². The summed E-state index contributed by atoms with van der Waals surface area (Å²) in [7, 11) is 0. The monoisotopic (exact) mass is 475 g/mol. The van der Waals surface area contributed by atoms with Gasteiger partial charge in [-0.15, -0.1) is 11.3 Å². The lowest BCUT2D eigenvalue weighted by atomic mass is 10.1. The highest BCUT2D eigenvalue weighted by Crippen LogP contribution is 2.25. The van der Waals surface area contributed by atoms with E-state index >= 15 is 0 Å². The highest BCUT2D eigenvalue weighted by molar-refractivity contribution is 7.13. The molecule has 0 N–H and O–H groups in total. The predicted octanol–water partition coefficient (Wildman–Crippen LogP) is 4.71. The molecule has 1 aliphatic rings. The third-order valence-electron chi connectivity index (χ3n) is 6.19. The SMILES string of the molecule is Cc1nn(-c2ccc(F)cc2)c(C)c1C(=O)N1CCN(Cc2csc(-c3ccccc3)n2)CC1. The Kier molecular flexibility index (Phi) is 6.26. The van der Waals surface area contributed by atoms with Gasteiger partial charge in [-0.05, 0) is 38.1 Å². The van der Waals surface area contributed by atoms with Gasteiger partial charge in [-0.3, -0.25) is 9.69 Å². The van der Waals surface area contributed by atoms with E-state index in [2.05, 4.69) is 27.5 Å². The normalized spacial score (nSPS) is 14.5. The maximum atomic E-state index is 13.3. The number of amides is 1. The minimum Gasteiger partial charge on any atom is -0.336 e. The van der Waals surface area contributed by atoms with Gasteiger partial charge in [0.05, 0.1) is 28.3 Å². The van der Waals surface area contributed by atoms with Gasteiger partial charge in [-0.2, -0.15) is 5.10 Å². The summed E-state index contributed by atoms with van der Waals surface area (Å²) in [6, 6.07) is 16.4. The summed E-state index contributed by atoms with van der Waals surface area (Å²) < 4.78 is 15.0. The number of piperazine rings is 1. The number of hydrogen-bond donors (Lipinski definition) is 0. The first kappa shape index (κ1) is 22.4. The van der Waals surface area contributed by atoms with Crippen molar-refractivity contribution in [3.8, 4) is 16.3 Å². The third kappa shape index (κ3) is 4.51. The molecule has 174 valence electrons. The molecule has 2 aromatic heterocycles. The van der Waals surface area contributed by atoms with E-state index in [4.69, 9.17) is 4.98 Å². The summed E-state index contributed by atoms with van der Waals surface area (Å²) in [5.41, 5.74) is 5.03. The number of hydrogen-bond acceptors (Lipinski definition) is 5. The molecule has 1 fully saturated rings. The van der Waals surface area contributed by atoms with Gasteiger partial charge in [0.15, 0.2) is 0 Å². The summed E-state index contributed by atoms with van der Waals surface area (Å²) in [5, 5.41) is 7.71. The number of aryl methyl sites for hydroxylation is 1. The standard InChI is InChI=1S/C26H26FN5OS/c1-18-24(19(2)32(29-18)23-10-8-21(27)9-11-23)26(33)31-14-12-30(13-15-31)16-22-17-34-25(28-22)20-6-4-3-5-7-20/h3-11,17H,12-16H2,1-2H3. The van der Waals surface area contributed by atoms with Crippen molar-refractivity contribution in [3.05, 3.63) is 88.4 Å². The van der Waals surface area contributed by atoms with Crippen LogP contribution in [-0.4, -0.2) is 56.7 Å². The molecule has 1 amide bonds. The molecule has 4 aromatic rings. The lowest BCUT2D eigenvalue weighted by Crippen LogP contribution is -2.48. The molecule has 6 nitrogen and oxygen atoms in total. The number of thiazole rings is 1. The fraction of sp³-hybridized carbons (Fsp3) is 0.269. The topological polar surface area (TPSA) is 54.3 Å². The fourth-order valence-corrected chi connectivity index (χ4v) is 5.19. The molecule has 0 radical (unpaired) electrons. The zero-order chi connectivity index (χ0) is 23.7. The van der Waals surface area contributed by atoms with Crippen molar-refractivity contribution >= 4 is 17.2 Å². The third-order valence-corrected chi connectivity index (χ3v) is 7.13. The van der Waals surface area contributed by atoms with E-state index in [1.807, 2.05) is 36.9 Å². The van der Waals surface area contributed by atoms with E-state index in [1.54, 1.807) is 28.2 Å². The first-order valence-corrected chi connectivity index (χ1v) is 12.2. The van der Waals surface area contributed by atoms with Crippen molar-refractivity contribution in [3.63, 3.8) is 0 Å². The second-order valence-corrected chi connectivity index (χ2v) is 9.37. The van der Waals surface area contributed by atoms with Crippen molar-refractivity contribution in [2.24, 2.45) is 0 Å². The minimum absolute atomic E-state index is 0.00281. The summed E-state index contributed by atoms with van der Waals surface area (Å²) in [4.78, 5) is 22.4. The van der Waals surface area contributed by atoms with Crippen LogP contribution >= 0.6 is 11.3 Å². The average molecular weight is 476 g/mol. The first-order chi connectivity index (χ1) is 16.5. The van der Waals surface area contributed by atoms with E-state index in [9.17, 15) is 9.18 Å². The Balaban J connectivity index is 1.23. The van der Waals surface area contributed by atoms with Crippen LogP contribution in [0.1, 0.15) is 27.4 Å². The highest BCUT2D eigenvalue weighted by atomic mass is 32.1. The van der Waals surface area contributed by atoms with Crippen LogP contribution in [0.5, 0.6) is 0 Å². The van der Waals surface area contributed by atoms with Gasteiger partial charge in [-0.25, -0.2) is 14.1 Å². The van der Waals surface area contributed by atoms with E-state index in [0.717, 1.165) is 47.3 Å². The molecule has 0 aliphatic carbocycles. The fourth-order valence-electron chi connectivity index (χ4n) is 4.38. The van der Waals surface area contributed by atoms with E-state index in [-0.39, 0.29) is 11.7 Å². The Bertz CT molecular complexity index is 1290. The van der Waals surface area contributed by atoms with Crippen molar-refractivity contribution in [1.82, 2.24) is 24.6 Å². The van der Waals surface area contributed by atoms with Gasteiger partial charge >= 0.3 is 0 Å². The van der Waals surface area contributed by atoms with Crippen molar-refractivity contribution in [2.45, 2.75) is 20.4 Å². The largest absolute Gasteiger partial charge is 0.336 e. The van der Waals surface area contributed by atoms with Crippen LogP contribution in [0.4, 0.5) is 4.39 Å². The molecule has 0 spiro atoms. The number of aromatic nitrogens is 3. The van der Waals surface area contributed by atoms with Gasteiger partial charge in [0.2, 0.25) is 0 Å². The molecule has 1 saturated heterocycles. The second-order valence-electron chi connectivity index (χ2n) is 8.51. The summed E-state index contributed by atoms with van der Waals surface area (Å²) in [6.07, 6.45) is 0. The molecule has 5 rings (SSSR count). The Morgan fingerprint density at radius 3 is 2.41 bits per heavy atom. The number of benzene rings is 2. The quantitative estimate of drug-likeness (QED) is 0.420. The Morgan fingerprint density at radius 1 is 1.00 bits per heavy atom. The molecule has 0 saturated carbocycles. The molecule has 3 heterocycles. The van der Waals surface area contributed by atoms with E-state index in [0.29, 0.717) is 24.3 Å². The molecular weight excluding hydrogens is 449 g/mol. The Labute approximate surface area is 202 Å². The maximum Gasteiger partial charge on any atom is 0.257 e. The molecular formula is C26H26FN5OS. The number of carbonyl (C=O) groups excluding carboxylic acids is 1.